The Balaban J connectivity index is 1.57. The number of hydrogen-bond donors (Lipinski definition) is 1. The van der Waals surface area contributed by atoms with Gasteiger partial charge < -0.3 is 24.1 Å². The van der Waals surface area contributed by atoms with E-state index in [1.54, 1.807) is 6.07 Å². The normalized spacial score (nSPS) is 15.2. The van der Waals surface area contributed by atoms with Crippen LogP contribution in [-0.4, -0.2) is 42.8 Å². The summed E-state index contributed by atoms with van der Waals surface area (Å²) in [4.78, 5) is 35.5. The molecule has 1 N–H and O–H groups in total. The van der Waals surface area contributed by atoms with Crippen molar-refractivity contribution >= 4 is 11.9 Å². The Hall–Kier alpha value is -3.29. The van der Waals surface area contributed by atoms with Gasteiger partial charge in [0.15, 0.2) is 11.5 Å². The van der Waals surface area contributed by atoms with Gasteiger partial charge in [0.1, 0.15) is 19.3 Å². The minimum absolute atomic E-state index is 0.195. The number of hydrogen-bond acceptors (Lipinski definition) is 6. The van der Waals surface area contributed by atoms with Crippen LogP contribution in [0.2, 0.25) is 0 Å². The van der Waals surface area contributed by atoms with Gasteiger partial charge >= 0.3 is 5.97 Å². The van der Waals surface area contributed by atoms with E-state index in [1.165, 1.54) is 25.4 Å². The predicted molar refractivity (Wildman–Crippen MR) is 91.4 cm³/mol. The van der Waals surface area contributed by atoms with Crippen LogP contribution in [0.15, 0.2) is 47.4 Å². The molecule has 1 amide bonds. The van der Waals surface area contributed by atoms with Gasteiger partial charge in [-0.2, -0.15) is 0 Å². The molecule has 136 valence electrons. The number of esters is 1. The van der Waals surface area contributed by atoms with E-state index in [2.05, 4.69) is 10.1 Å². The third-order valence-corrected chi connectivity index (χ3v) is 3.81. The van der Waals surface area contributed by atoms with Crippen molar-refractivity contribution < 1.29 is 23.8 Å². The zero-order valence-electron chi connectivity index (χ0n) is 14.1. The monoisotopic (exact) mass is 358 g/mol. The molecular weight excluding hydrogens is 340 g/mol. The highest BCUT2D eigenvalue weighted by Crippen LogP contribution is 2.30. The largest absolute Gasteiger partial charge is 0.486 e. The first-order chi connectivity index (χ1) is 12.6. The molecule has 0 bridgehead atoms. The van der Waals surface area contributed by atoms with Crippen LogP contribution in [0.25, 0.3) is 0 Å². The number of methoxy groups -OCH3 is 1. The van der Waals surface area contributed by atoms with Crippen LogP contribution < -0.4 is 20.3 Å². The van der Waals surface area contributed by atoms with Crippen molar-refractivity contribution in [2.75, 3.05) is 20.3 Å². The highest BCUT2D eigenvalue weighted by Gasteiger charge is 2.21. The van der Waals surface area contributed by atoms with Crippen LogP contribution in [-0.2, 0) is 16.1 Å². The molecule has 3 rings (SSSR count). The van der Waals surface area contributed by atoms with E-state index in [-0.39, 0.29) is 36.2 Å². The molecule has 0 radical (unpaired) electrons. The SMILES string of the molecule is COC(=O)c1ccc(=O)n(CC(=O)NC[C@H]2COc3ccccc3O2)c1. The van der Waals surface area contributed by atoms with E-state index in [9.17, 15) is 14.4 Å². The first-order valence-electron chi connectivity index (χ1n) is 8.01. The first-order valence-corrected chi connectivity index (χ1v) is 8.01. The molecule has 0 unspecified atom stereocenters. The molecular formula is C18H18N2O6. The lowest BCUT2D eigenvalue weighted by molar-refractivity contribution is -0.122. The summed E-state index contributed by atoms with van der Waals surface area (Å²) >= 11 is 0. The Morgan fingerprint density at radius 1 is 1.23 bits per heavy atom. The Bertz CT molecular complexity index is 876. The van der Waals surface area contributed by atoms with Crippen LogP contribution in [0, 0.1) is 0 Å². The fourth-order valence-corrected chi connectivity index (χ4v) is 2.50. The summed E-state index contributed by atoms with van der Waals surface area (Å²) in [6.07, 6.45) is 0.969. The number of nitrogens with one attached hydrogen (secondary N) is 1. The van der Waals surface area contributed by atoms with Crippen molar-refractivity contribution in [3.05, 3.63) is 58.5 Å². The first kappa shape index (κ1) is 17.5. The van der Waals surface area contributed by atoms with Crippen molar-refractivity contribution in [2.45, 2.75) is 12.6 Å². The van der Waals surface area contributed by atoms with Crippen molar-refractivity contribution in [1.29, 1.82) is 0 Å². The van der Waals surface area contributed by atoms with Crippen LogP contribution in [0.5, 0.6) is 11.5 Å². The van der Waals surface area contributed by atoms with Crippen molar-refractivity contribution in [3.63, 3.8) is 0 Å². The molecule has 0 saturated carbocycles. The van der Waals surface area contributed by atoms with E-state index in [1.807, 2.05) is 18.2 Å². The number of pyridine rings is 1. The number of aromatic nitrogens is 1. The Morgan fingerprint density at radius 3 is 2.77 bits per heavy atom. The number of amides is 1. The molecule has 0 fully saturated rings. The second-order valence-corrected chi connectivity index (χ2v) is 5.68. The summed E-state index contributed by atoms with van der Waals surface area (Å²) in [7, 11) is 1.24. The van der Waals surface area contributed by atoms with Crippen molar-refractivity contribution in [1.82, 2.24) is 9.88 Å². The topological polar surface area (TPSA) is 95.9 Å². The predicted octanol–water partition coefficient (Wildman–Crippen LogP) is 0.591. The lowest BCUT2D eigenvalue weighted by atomic mass is 10.2. The summed E-state index contributed by atoms with van der Waals surface area (Å²) in [6, 6.07) is 9.86. The molecule has 26 heavy (non-hydrogen) atoms. The second-order valence-electron chi connectivity index (χ2n) is 5.68. The summed E-state index contributed by atoms with van der Waals surface area (Å²) in [5.74, 6) is 0.336. The van der Waals surface area contributed by atoms with E-state index < -0.39 is 5.97 Å². The van der Waals surface area contributed by atoms with Crippen LogP contribution >= 0.6 is 0 Å². The smallest absolute Gasteiger partial charge is 0.339 e. The minimum Gasteiger partial charge on any atom is -0.486 e. The minimum atomic E-state index is -0.578. The van der Waals surface area contributed by atoms with Gasteiger partial charge in [0, 0.05) is 12.3 Å². The molecule has 1 atom stereocenters. The fraction of sp³-hybridized carbons (Fsp3) is 0.278. The van der Waals surface area contributed by atoms with Crippen LogP contribution in [0.3, 0.4) is 0 Å². The maximum atomic E-state index is 12.1. The third-order valence-electron chi connectivity index (χ3n) is 3.81. The van der Waals surface area contributed by atoms with Gasteiger partial charge in [0.25, 0.3) is 5.56 Å². The van der Waals surface area contributed by atoms with Gasteiger partial charge in [-0.15, -0.1) is 0 Å². The van der Waals surface area contributed by atoms with Crippen molar-refractivity contribution in [2.24, 2.45) is 0 Å². The molecule has 8 nitrogen and oxygen atoms in total. The molecule has 1 aliphatic rings. The number of carbonyl (C=O) groups is 2. The maximum absolute atomic E-state index is 12.1. The second kappa shape index (κ2) is 7.73. The summed E-state index contributed by atoms with van der Waals surface area (Å²) in [5, 5.41) is 2.70. The summed E-state index contributed by atoms with van der Waals surface area (Å²) in [5.41, 5.74) is -0.195. The van der Waals surface area contributed by atoms with Gasteiger partial charge in [-0.3, -0.25) is 9.59 Å². The van der Waals surface area contributed by atoms with Crippen LogP contribution in [0.1, 0.15) is 10.4 Å². The van der Waals surface area contributed by atoms with E-state index in [4.69, 9.17) is 9.47 Å². The molecule has 0 spiro atoms. The van der Waals surface area contributed by atoms with Gasteiger partial charge in [-0.25, -0.2) is 4.79 Å². The molecule has 1 aromatic carbocycles. The highest BCUT2D eigenvalue weighted by molar-refractivity contribution is 5.89. The lowest BCUT2D eigenvalue weighted by Crippen LogP contribution is -2.42. The van der Waals surface area contributed by atoms with Crippen molar-refractivity contribution in [3.8, 4) is 11.5 Å². The lowest BCUT2D eigenvalue weighted by Gasteiger charge is -2.26. The number of fused-ring (bicyclic) bond motifs is 1. The van der Waals surface area contributed by atoms with Gasteiger partial charge in [-0.05, 0) is 18.2 Å². The average Bonchev–Trinajstić information content (AvgIpc) is 2.67. The van der Waals surface area contributed by atoms with Gasteiger partial charge in [0.05, 0.1) is 19.2 Å². The van der Waals surface area contributed by atoms with Gasteiger partial charge in [0.2, 0.25) is 5.91 Å². The quantitative estimate of drug-likeness (QED) is 0.786. The number of para-hydroxylation sites is 2. The molecule has 8 heteroatoms. The zero-order valence-corrected chi connectivity index (χ0v) is 14.1. The fourth-order valence-electron chi connectivity index (χ4n) is 2.50. The number of carbonyl (C=O) groups excluding carboxylic acids is 2. The van der Waals surface area contributed by atoms with E-state index >= 15 is 0 Å². The molecule has 0 saturated heterocycles. The summed E-state index contributed by atoms with van der Waals surface area (Å²) < 4.78 is 17.1. The number of benzene rings is 1. The standard InChI is InChI=1S/C18H18N2O6/c1-24-18(23)12-6-7-17(22)20(9-12)10-16(21)19-8-13-11-25-14-4-2-3-5-15(14)26-13/h2-7,9,13H,8,10-11H2,1H3,(H,19,21)/t13-/m0/s1. The van der Waals surface area contributed by atoms with Crippen LogP contribution in [0.4, 0.5) is 0 Å². The van der Waals surface area contributed by atoms with Gasteiger partial charge in [-0.1, -0.05) is 12.1 Å². The summed E-state index contributed by atoms with van der Waals surface area (Å²) in [6.45, 7) is 0.335. The molecule has 1 aromatic heterocycles. The number of ether oxygens (including phenoxy) is 3. The Morgan fingerprint density at radius 2 is 2.00 bits per heavy atom. The third kappa shape index (κ3) is 4.02. The highest BCUT2D eigenvalue weighted by atomic mass is 16.6. The Labute approximate surface area is 149 Å². The maximum Gasteiger partial charge on any atom is 0.339 e. The molecule has 2 heterocycles. The molecule has 0 aliphatic carbocycles. The molecule has 2 aromatic rings. The van der Waals surface area contributed by atoms with E-state index in [0.717, 1.165) is 4.57 Å². The number of rotatable bonds is 5. The Kier molecular flexibility index (Phi) is 5.21. The molecule has 1 aliphatic heterocycles. The number of nitrogens with zero attached hydrogens (tertiary/aromatic N) is 1. The van der Waals surface area contributed by atoms with E-state index in [0.29, 0.717) is 18.1 Å². The zero-order chi connectivity index (χ0) is 18.5. The average molecular weight is 358 g/mol.